The largest absolute Gasteiger partial charge is 0.342 e. The molecule has 1 aliphatic carbocycles. The molecule has 3 heteroatoms. The highest BCUT2D eigenvalue weighted by Crippen LogP contribution is 2.32. The topological polar surface area (TPSA) is 23.6 Å². The smallest absolute Gasteiger partial charge is 0.227 e. The first-order valence-corrected chi connectivity index (χ1v) is 7.89. The SMILES string of the molecule is O=C([C@H]1CCCC[C@H]1N1CCCC1)N1CCCC1. The Hall–Kier alpha value is -0.570. The molecule has 0 aromatic carbocycles. The molecule has 1 saturated carbocycles. The molecule has 0 spiro atoms. The zero-order valence-electron chi connectivity index (χ0n) is 11.4. The van der Waals surface area contributed by atoms with Crippen molar-refractivity contribution in [1.82, 2.24) is 9.80 Å². The van der Waals surface area contributed by atoms with Gasteiger partial charge in [-0.3, -0.25) is 9.69 Å². The summed E-state index contributed by atoms with van der Waals surface area (Å²) in [6.07, 6.45) is 10.1. The molecular weight excluding hydrogens is 224 g/mol. The third kappa shape index (κ3) is 2.42. The number of carbonyl (C=O) groups is 1. The summed E-state index contributed by atoms with van der Waals surface area (Å²) in [6, 6.07) is 0.564. The van der Waals surface area contributed by atoms with Crippen LogP contribution in [0, 0.1) is 5.92 Å². The molecule has 0 aromatic heterocycles. The van der Waals surface area contributed by atoms with Crippen LogP contribution < -0.4 is 0 Å². The zero-order chi connectivity index (χ0) is 12.4. The summed E-state index contributed by atoms with van der Waals surface area (Å²) in [7, 11) is 0. The Bertz CT molecular complexity index is 293. The van der Waals surface area contributed by atoms with Gasteiger partial charge in [-0.25, -0.2) is 0 Å². The van der Waals surface area contributed by atoms with Crippen LogP contribution in [0.25, 0.3) is 0 Å². The minimum atomic E-state index is 0.315. The molecule has 18 heavy (non-hydrogen) atoms. The molecule has 0 bridgehead atoms. The van der Waals surface area contributed by atoms with Crippen molar-refractivity contribution in [2.24, 2.45) is 5.92 Å². The predicted molar refractivity (Wildman–Crippen MR) is 72.4 cm³/mol. The van der Waals surface area contributed by atoms with Gasteiger partial charge in [0.2, 0.25) is 5.91 Å². The summed E-state index contributed by atoms with van der Waals surface area (Å²) in [5.74, 6) is 0.791. The van der Waals surface area contributed by atoms with Crippen molar-refractivity contribution in [1.29, 1.82) is 0 Å². The molecule has 3 fully saturated rings. The van der Waals surface area contributed by atoms with Crippen LogP contribution in [0.15, 0.2) is 0 Å². The average molecular weight is 250 g/mol. The maximum absolute atomic E-state index is 12.7. The van der Waals surface area contributed by atoms with Crippen LogP contribution in [0.2, 0.25) is 0 Å². The molecule has 0 unspecified atom stereocenters. The lowest BCUT2D eigenvalue weighted by Gasteiger charge is -2.38. The maximum atomic E-state index is 12.7. The fraction of sp³-hybridized carbons (Fsp3) is 0.933. The van der Waals surface area contributed by atoms with Crippen LogP contribution in [0.1, 0.15) is 51.4 Å². The van der Waals surface area contributed by atoms with Gasteiger partial charge in [0.25, 0.3) is 0 Å². The number of hydrogen-bond donors (Lipinski definition) is 0. The van der Waals surface area contributed by atoms with Gasteiger partial charge in [-0.15, -0.1) is 0 Å². The number of amides is 1. The number of likely N-dealkylation sites (tertiary alicyclic amines) is 2. The van der Waals surface area contributed by atoms with Gasteiger partial charge in [-0.05, 0) is 51.6 Å². The standard InChI is InChI=1S/C15H26N2O/c18-15(17-11-5-6-12-17)13-7-1-2-8-14(13)16-9-3-4-10-16/h13-14H,1-12H2/t13-,14+/m0/s1. The molecule has 2 heterocycles. The van der Waals surface area contributed by atoms with Crippen molar-refractivity contribution in [2.45, 2.75) is 57.4 Å². The van der Waals surface area contributed by atoms with Crippen molar-refractivity contribution < 1.29 is 4.79 Å². The molecule has 3 nitrogen and oxygen atoms in total. The minimum absolute atomic E-state index is 0.315. The van der Waals surface area contributed by atoms with E-state index in [1.165, 1.54) is 58.0 Å². The molecule has 102 valence electrons. The molecule has 2 saturated heterocycles. The Balaban J connectivity index is 1.68. The maximum Gasteiger partial charge on any atom is 0.227 e. The van der Waals surface area contributed by atoms with E-state index in [1.54, 1.807) is 0 Å². The summed E-state index contributed by atoms with van der Waals surface area (Å²) in [5.41, 5.74) is 0. The Morgan fingerprint density at radius 1 is 0.778 bits per heavy atom. The molecule has 1 amide bonds. The lowest BCUT2D eigenvalue weighted by molar-refractivity contribution is -0.138. The van der Waals surface area contributed by atoms with Crippen LogP contribution >= 0.6 is 0 Å². The summed E-state index contributed by atoms with van der Waals surface area (Å²) in [6.45, 7) is 4.49. The molecule has 3 aliphatic rings. The average Bonchev–Trinajstić information content (AvgIpc) is 3.11. The summed E-state index contributed by atoms with van der Waals surface area (Å²) in [4.78, 5) is 17.4. The van der Waals surface area contributed by atoms with Crippen LogP contribution in [0.5, 0.6) is 0 Å². The second-order valence-electron chi connectivity index (χ2n) is 6.23. The molecule has 2 atom stereocenters. The van der Waals surface area contributed by atoms with E-state index in [1.807, 2.05) is 0 Å². The predicted octanol–water partition coefficient (Wildman–Crippen LogP) is 2.26. The Kier molecular flexibility index (Phi) is 3.88. The van der Waals surface area contributed by atoms with Crippen LogP contribution in [-0.4, -0.2) is 47.9 Å². The number of carbonyl (C=O) groups excluding carboxylic acids is 1. The van der Waals surface area contributed by atoms with E-state index in [0.29, 0.717) is 17.9 Å². The van der Waals surface area contributed by atoms with Crippen LogP contribution in [-0.2, 0) is 4.79 Å². The van der Waals surface area contributed by atoms with E-state index in [2.05, 4.69) is 9.80 Å². The van der Waals surface area contributed by atoms with E-state index >= 15 is 0 Å². The fourth-order valence-electron chi connectivity index (χ4n) is 4.08. The number of hydrogen-bond acceptors (Lipinski definition) is 2. The quantitative estimate of drug-likeness (QED) is 0.750. The van der Waals surface area contributed by atoms with Gasteiger partial charge in [0, 0.05) is 19.1 Å². The molecule has 2 aliphatic heterocycles. The third-order valence-electron chi connectivity index (χ3n) is 5.07. The normalized spacial score (nSPS) is 34.1. The van der Waals surface area contributed by atoms with Crippen LogP contribution in [0.3, 0.4) is 0 Å². The second-order valence-corrected chi connectivity index (χ2v) is 6.23. The molecule has 0 radical (unpaired) electrons. The highest BCUT2D eigenvalue weighted by Gasteiger charge is 2.38. The van der Waals surface area contributed by atoms with E-state index < -0.39 is 0 Å². The monoisotopic (exact) mass is 250 g/mol. The van der Waals surface area contributed by atoms with Crippen molar-refractivity contribution in [3.63, 3.8) is 0 Å². The van der Waals surface area contributed by atoms with Gasteiger partial charge in [0.15, 0.2) is 0 Å². The number of nitrogens with zero attached hydrogens (tertiary/aromatic N) is 2. The minimum Gasteiger partial charge on any atom is -0.342 e. The zero-order valence-corrected chi connectivity index (χ0v) is 11.4. The Labute approximate surface area is 111 Å². The Morgan fingerprint density at radius 3 is 2.11 bits per heavy atom. The van der Waals surface area contributed by atoms with Gasteiger partial charge in [-0.1, -0.05) is 12.8 Å². The molecular formula is C15H26N2O. The van der Waals surface area contributed by atoms with Gasteiger partial charge >= 0.3 is 0 Å². The lowest BCUT2D eigenvalue weighted by Crippen LogP contribution is -2.48. The first-order chi connectivity index (χ1) is 8.86. The highest BCUT2D eigenvalue weighted by molar-refractivity contribution is 5.80. The van der Waals surface area contributed by atoms with Gasteiger partial charge < -0.3 is 4.90 Å². The second kappa shape index (κ2) is 5.60. The summed E-state index contributed by atoms with van der Waals surface area (Å²) < 4.78 is 0. The first kappa shape index (κ1) is 12.5. The van der Waals surface area contributed by atoms with E-state index in [4.69, 9.17) is 0 Å². The lowest BCUT2D eigenvalue weighted by atomic mass is 9.82. The Morgan fingerprint density at radius 2 is 1.39 bits per heavy atom. The summed E-state index contributed by atoms with van der Waals surface area (Å²) >= 11 is 0. The van der Waals surface area contributed by atoms with Gasteiger partial charge in [-0.2, -0.15) is 0 Å². The van der Waals surface area contributed by atoms with E-state index in [9.17, 15) is 4.79 Å². The van der Waals surface area contributed by atoms with Crippen LogP contribution in [0.4, 0.5) is 0 Å². The third-order valence-corrected chi connectivity index (χ3v) is 5.07. The van der Waals surface area contributed by atoms with Crippen molar-refractivity contribution in [3.05, 3.63) is 0 Å². The van der Waals surface area contributed by atoms with Gasteiger partial charge in [0.1, 0.15) is 0 Å². The number of rotatable bonds is 2. The molecule has 0 aromatic rings. The van der Waals surface area contributed by atoms with Crippen molar-refractivity contribution in [3.8, 4) is 0 Å². The summed E-state index contributed by atoms with van der Waals surface area (Å²) in [5, 5.41) is 0. The fourth-order valence-corrected chi connectivity index (χ4v) is 4.08. The highest BCUT2D eigenvalue weighted by atomic mass is 16.2. The van der Waals surface area contributed by atoms with Crippen molar-refractivity contribution >= 4 is 5.91 Å². The molecule has 3 rings (SSSR count). The van der Waals surface area contributed by atoms with E-state index in [-0.39, 0.29) is 0 Å². The molecule has 0 N–H and O–H groups in total. The van der Waals surface area contributed by atoms with Gasteiger partial charge in [0.05, 0.1) is 5.92 Å². The first-order valence-electron chi connectivity index (χ1n) is 7.89. The van der Waals surface area contributed by atoms with Crippen molar-refractivity contribution in [2.75, 3.05) is 26.2 Å². The van der Waals surface area contributed by atoms with E-state index in [0.717, 1.165) is 19.5 Å².